The summed E-state index contributed by atoms with van der Waals surface area (Å²) in [6, 6.07) is 15.8. The van der Waals surface area contributed by atoms with Crippen molar-refractivity contribution in [1.82, 2.24) is 4.40 Å². The second-order valence-corrected chi connectivity index (χ2v) is 6.63. The number of nitrogens with zero attached hydrogens (tertiary/aromatic N) is 2. The Labute approximate surface area is 173 Å². The van der Waals surface area contributed by atoms with Crippen LogP contribution in [-0.2, 0) is 19.1 Å². The molecular formula is C24H20N2O4. The molecule has 6 heteroatoms. The summed E-state index contributed by atoms with van der Waals surface area (Å²) in [7, 11) is 2.56. The summed E-state index contributed by atoms with van der Waals surface area (Å²) in [5.41, 5.74) is 4.02. The minimum absolute atomic E-state index is 0.0912. The van der Waals surface area contributed by atoms with Gasteiger partial charge in [0.05, 0.1) is 19.8 Å². The van der Waals surface area contributed by atoms with Crippen LogP contribution in [0.2, 0.25) is 0 Å². The van der Waals surface area contributed by atoms with Crippen LogP contribution >= 0.6 is 0 Å². The van der Waals surface area contributed by atoms with E-state index in [0.29, 0.717) is 5.69 Å². The molecule has 6 nitrogen and oxygen atoms in total. The van der Waals surface area contributed by atoms with Gasteiger partial charge in [0, 0.05) is 35.4 Å². The Hall–Kier alpha value is -4.06. The van der Waals surface area contributed by atoms with Crippen molar-refractivity contribution in [2.24, 2.45) is 0 Å². The van der Waals surface area contributed by atoms with Crippen LogP contribution in [0.4, 0.5) is 5.69 Å². The molecule has 0 radical (unpaired) electrons. The Balaban J connectivity index is 1.83. The Morgan fingerprint density at radius 2 is 1.70 bits per heavy atom. The first kappa shape index (κ1) is 19.3. The standard InChI is InChI=1S/C24H20N2O4/c1-29-23(27)21-11-4-6-13-26(22(21)24(28)30-2)20-10-7-8-17(14-20)18-15-19-9-3-5-12-25(19)16-18/h3-16H,1-2H3. The molecule has 0 bridgehead atoms. The van der Waals surface area contributed by atoms with Gasteiger partial charge in [-0.05, 0) is 48.0 Å². The lowest BCUT2D eigenvalue weighted by molar-refractivity contribution is -0.139. The largest absolute Gasteiger partial charge is 0.465 e. The van der Waals surface area contributed by atoms with Gasteiger partial charge in [-0.25, -0.2) is 9.59 Å². The van der Waals surface area contributed by atoms with Gasteiger partial charge < -0.3 is 18.8 Å². The number of benzene rings is 1. The van der Waals surface area contributed by atoms with Crippen LogP contribution in [0.25, 0.3) is 16.6 Å². The van der Waals surface area contributed by atoms with Crippen molar-refractivity contribution in [3.63, 3.8) is 0 Å². The van der Waals surface area contributed by atoms with Gasteiger partial charge in [0.25, 0.3) is 0 Å². The summed E-state index contributed by atoms with van der Waals surface area (Å²) in [5.74, 6) is -1.25. The quantitative estimate of drug-likeness (QED) is 0.617. The molecule has 2 aromatic heterocycles. The summed E-state index contributed by atoms with van der Waals surface area (Å²) in [4.78, 5) is 26.6. The number of pyridine rings is 1. The zero-order valence-electron chi connectivity index (χ0n) is 16.6. The van der Waals surface area contributed by atoms with Crippen molar-refractivity contribution in [1.29, 1.82) is 0 Å². The third-order valence-electron chi connectivity index (χ3n) is 4.85. The molecule has 1 aromatic carbocycles. The molecule has 3 aromatic rings. The van der Waals surface area contributed by atoms with Crippen LogP contribution in [0.5, 0.6) is 0 Å². The topological polar surface area (TPSA) is 60.3 Å². The van der Waals surface area contributed by atoms with E-state index in [4.69, 9.17) is 9.47 Å². The number of rotatable bonds is 4. The molecule has 1 aliphatic heterocycles. The van der Waals surface area contributed by atoms with Crippen molar-refractivity contribution in [3.8, 4) is 11.1 Å². The first-order valence-electron chi connectivity index (χ1n) is 9.34. The Morgan fingerprint density at radius 3 is 2.47 bits per heavy atom. The van der Waals surface area contributed by atoms with Gasteiger partial charge >= 0.3 is 11.9 Å². The van der Waals surface area contributed by atoms with Gasteiger partial charge in [0.2, 0.25) is 0 Å². The molecule has 0 saturated carbocycles. The zero-order chi connectivity index (χ0) is 21.1. The van der Waals surface area contributed by atoms with Crippen molar-refractivity contribution in [2.75, 3.05) is 19.1 Å². The number of anilines is 1. The number of methoxy groups -OCH3 is 2. The number of hydrogen-bond acceptors (Lipinski definition) is 5. The lowest BCUT2D eigenvalue weighted by Gasteiger charge is -2.23. The van der Waals surface area contributed by atoms with Crippen molar-refractivity contribution in [3.05, 3.63) is 96.6 Å². The average Bonchev–Trinajstić information content (AvgIpc) is 3.10. The Morgan fingerprint density at radius 1 is 0.867 bits per heavy atom. The fraction of sp³-hybridized carbons (Fsp3) is 0.0833. The average molecular weight is 400 g/mol. The number of carbonyl (C=O) groups excluding carboxylic acids is 2. The third kappa shape index (κ3) is 3.51. The van der Waals surface area contributed by atoms with E-state index in [2.05, 4.69) is 6.07 Å². The predicted octanol–water partition coefficient (Wildman–Crippen LogP) is 4.10. The smallest absolute Gasteiger partial charge is 0.355 e. The molecule has 0 saturated heterocycles. The van der Waals surface area contributed by atoms with Gasteiger partial charge in [-0.3, -0.25) is 0 Å². The van der Waals surface area contributed by atoms with Gasteiger partial charge in [-0.1, -0.05) is 24.3 Å². The number of hydrogen-bond donors (Lipinski definition) is 0. The monoisotopic (exact) mass is 400 g/mol. The first-order valence-corrected chi connectivity index (χ1v) is 9.34. The SMILES string of the molecule is COC(=O)C1=C(C(=O)OC)N(c2cccc(-c3cc4ccccn4c3)c2)C=CC=C1. The first-order chi connectivity index (χ1) is 14.6. The molecule has 0 unspecified atom stereocenters. The highest BCUT2D eigenvalue weighted by atomic mass is 16.5. The molecule has 0 atom stereocenters. The maximum Gasteiger partial charge on any atom is 0.355 e. The lowest BCUT2D eigenvalue weighted by Crippen LogP contribution is -2.26. The molecular weight excluding hydrogens is 380 g/mol. The van der Waals surface area contributed by atoms with Gasteiger partial charge in [0.15, 0.2) is 0 Å². The Bertz CT molecular complexity index is 1180. The zero-order valence-corrected chi connectivity index (χ0v) is 16.6. The van der Waals surface area contributed by atoms with Crippen LogP contribution < -0.4 is 4.90 Å². The van der Waals surface area contributed by atoms with Crippen LogP contribution in [0.1, 0.15) is 0 Å². The highest BCUT2D eigenvalue weighted by Gasteiger charge is 2.27. The van der Waals surface area contributed by atoms with E-state index in [0.717, 1.165) is 16.6 Å². The number of esters is 2. The van der Waals surface area contributed by atoms with Crippen LogP contribution in [-0.4, -0.2) is 30.6 Å². The highest BCUT2D eigenvalue weighted by Crippen LogP contribution is 2.31. The van der Waals surface area contributed by atoms with E-state index in [1.54, 1.807) is 29.3 Å². The van der Waals surface area contributed by atoms with E-state index in [-0.39, 0.29) is 11.3 Å². The molecule has 0 spiro atoms. The number of allylic oxidation sites excluding steroid dienone is 2. The normalized spacial score (nSPS) is 13.5. The van der Waals surface area contributed by atoms with Crippen molar-refractivity contribution < 1.29 is 19.1 Å². The van der Waals surface area contributed by atoms with E-state index >= 15 is 0 Å². The Kier molecular flexibility index (Phi) is 5.22. The predicted molar refractivity (Wildman–Crippen MR) is 115 cm³/mol. The molecule has 0 fully saturated rings. The minimum atomic E-state index is -0.633. The second-order valence-electron chi connectivity index (χ2n) is 6.63. The highest BCUT2D eigenvalue weighted by molar-refractivity contribution is 6.05. The summed E-state index contributed by atoms with van der Waals surface area (Å²) >= 11 is 0. The lowest BCUT2D eigenvalue weighted by atomic mass is 10.1. The number of fused-ring (bicyclic) bond motifs is 1. The van der Waals surface area contributed by atoms with Gasteiger partial charge in [-0.2, -0.15) is 0 Å². The molecule has 3 heterocycles. The van der Waals surface area contributed by atoms with E-state index < -0.39 is 11.9 Å². The molecule has 4 rings (SSSR count). The molecule has 30 heavy (non-hydrogen) atoms. The molecule has 0 N–H and O–H groups in total. The molecule has 1 aliphatic rings. The van der Waals surface area contributed by atoms with Crippen LogP contribution in [0.15, 0.2) is 96.6 Å². The van der Waals surface area contributed by atoms with E-state index in [1.807, 2.05) is 59.3 Å². The van der Waals surface area contributed by atoms with Crippen LogP contribution in [0.3, 0.4) is 0 Å². The maximum absolute atomic E-state index is 12.6. The van der Waals surface area contributed by atoms with Gasteiger partial charge in [-0.15, -0.1) is 0 Å². The molecule has 0 aliphatic carbocycles. The summed E-state index contributed by atoms with van der Waals surface area (Å²) in [5, 5.41) is 0. The summed E-state index contributed by atoms with van der Waals surface area (Å²) in [6.07, 6.45) is 10.7. The van der Waals surface area contributed by atoms with Crippen LogP contribution in [0, 0.1) is 0 Å². The van der Waals surface area contributed by atoms with E-state index in [9.17, 15) is 9.59 Å². The minimum Gasteiger partial charge on any atom is -0.465 e. The summed E-state index contributed by atoms with van der Waals surface area (Å²) < 4.78 is 11.9. The second kappa shape index (κ2) is 8.13. The van der Waals surface area contributed by atoms with E-state index in [1.165, 1.54) is 14.2 Å². The third-order valence-corrected chi connectivity index (χ3v) is 4.85. The van der Waals surface area contributed by atoms with Crippen molar-refractivity contribution >= 4 is 23.1 Å². The maximum atomic E-state index is 12.6. The molecule has 0 amide bonds. The fourth-order valence-corrected chi connectivity index (χ4v) is 3.41. The molecule has 150 valence electrons. The number of ether oxygens (including phenoxy) is 2. The number of aromatic nitrogens is 1. The van der Waals surface area contributed by atoms with Crippen molar-refractivity contribution in [2.45, 2.75) is 0 Å². The fourth-order valence-electron chi connectivity index (χ4n) is 3.41. The number of carbonyl (C=O) groups is 2. The summed E-state index contributed by atoms with van der Waals surface area (Å²) in [6.45, 7) is 0. The van der Waals surface area contributed by atoms with Gasteiger partial charge in [0.1, 0.15) is 5.70 Å².